The molecule has 0 saturated carbocycles. The number of aliphatic hydroxyl groups excluding tert-OH is 2. The van der Waals surface area contributed by atoms with Crippen molar-refractivity contribution in [2.75, 3.05) is 20.3 Å². The van der Waals surface area contributed by atoms with Crippen molar-refractivity contribution in [3.05, 3.63) is 22.4 Å². The lowest BCUT2D eigenvalue weighted by Gasteiger charge is -2.25. The summed E-state index contributed by atoms with van der Waals surface area (Å²) in [7, 11) is 1.97. The Morgan fingerprint density at radius 2 is 2.29 bits per heavy atom. The molecule has 0 radical (unpaired) electrons. The van der Waals surface area contributed by atoms with Crippen LogP contribution in [0.25, 0.3) is 0 Å². The Morgan fingerprint density at radius 1 is 1.50 bits per heavy atom. The number of aliphatic hydroxyl groups is 2. The summed E-state index contributed by atoms with van der Waals surface area (Å²) in [5.74, 6) is 0. The molecule has 0 amide bonds. The highest BCUT2D eigenvalue weighted by atomic mass is 32.1. The highest BCUT2D eigenvalue weighted by Crippen LogP contribution is 2.13. The van der Waals surface area contributed by atoms with Gasteiger partial charge in [0.1, 0.15) is 0 Å². The maximum atomic E-state index is 9.11. The van der Waals surface area contributed by atoms with Crippen LogP contribution in [0.1, 0.15) is 11.3 Å². The maximum absolute atomic E-state index is 9.11. The molecule has 0 aromatic carbocycles. The zero-order valence-electron chi connectivity index (χ0n) is 8.39. The van der Waals surface area contributed by atoms with Crippen molar-refractivity contribution in [2.45, 2.75) is 19.0 Å². The van der Waals surface area contributed by atoms with Crippen LogP contribution in [0.2, 0.25) is 0 Å². The number of thiophene rings is 1. The van der Waals surface area contributed by atoms with Crippen molar-refractivity contribution >= 4 is 11.3 Å². The van der Waals surface area contributed by atoms with Gasteiger partial charge in [0.05, 0.1) is 6.61 Å². The van der Waals surface area contributed by atoms with Crippen LogP contribution in [0.15, 0.2) is 17.5 Å². The molecule has 80 valence electrons. The topological polar surface area (TPSA) is 43.7 Å². The lowest BCUT2D eigenvalue weighted by molar-refractivity contribution is 0.115. The second-order valence-electron chi connectivity index (χ2n) is 3.34. The molecule has 0 saturated heterocycles. The van der Waals surface area contributed by atoms with Crippen LogP contribution in [0, 0.1) is 0 Å². The molecule has 0 aliphatic rings. The van der Waals surface area contributed by atoms with Crippen molar-refractivity contribution in [3.8, 4) is 0 Å². The van der Waals surface area contributed by atoms with Crippen LogP contribution in [0.4, 0.5) is 0 Å². The highest BCUT2D eigenvalue weighted by molar-refractivity contribution is 7.09. The van der Waals surface area contributed by atoms with Crippen LogP contribution < -0.4 is 0 Å². The number of rotatable bonds is 6. The molecule has 2 N–H and O–H groups in total. The van der Waals surface area contributed by atoms with E-state index in [1.165, 1.54) is 4.88 Å². The van der Waals surface area contributed by atoms with Crippen LogP contribution >= 0.6 is 11.3 Å². The summed E-state index contributed by atoms with van der Waals surface area (Å²) < 4.78 is 0. The van der Waals surface area contributed by atoms with Crippen molar-refractivity contribution in [3.63, 3.8) is 0 Å². The molecular formula is C10H17NO2S. The molecule has 1 aromatic rings. The summed E-state index contributed by atoms with van der Waals surface area (Å²) in [4.78, 5) is 3.35. The molecule has 0 spiro atoms. The van der Waals surface area contributed by atoms with Gasteiger partial charge in [-0.2, -0.15) is 0 Å². The number of hydrogen-bond donors (Lipinski definition) is 2. The Morgan fingerprint density at radius 3 is 2.79 bits per heavy atom. The third kappa shape index (κ3) is 3.38. The summed E-state index contributed by atoms with van der Waals surface area (Å²) >= 11 is 1.71. The zero-order valence-corrected chi connectivity index (χ0v) is 9.20. The van der Waals surface area contributed by atoms with E-state index >= 15 is 0 Å². The summed E-state index contributed by atoms with van der Waals surface area (Å²) in [6.07, 6.45) is 0.623. The number of likely N-dealkylation sites (N-methyl/N-ethyl adjacent to an activating group) is 1. The first kappa shape index (κ1) is 11.7. The van der Waals surface area contributed by atoms with E-state index in [9.17, 15) is 0 Å². The molecule has 0 fully saturated rings. The van der Waals surface area contributed by atoms with Gasteiger partial charge < -0.3 is 10.2 Å². The van der Waals surface area contributed by atoms with Gasteiger partial charge in [-0.3, -0.25) is 4.90 Å². The third-order valence-electron chi connectivity index (χ3n) is 2.28. The van der Waals surface area contributed by atoms with Crippen LogP contribution in [0.3, 0.4) is 0 Å². The highest BCUT2D eigenvalue weighted by Gasteiger charge is 2.13. The molecule has 1 unspecified atom stereocenters. The largest absolute Gasteiger partial charge is 0.396 e. The standard InChI is InChI=1S/C10H17NO2S/c1-11(9(8-13)4-5-12)7-10-3-2-6-14-10/h2-3,6,9,12-13H,4-5,7-8H2,1H3. The Balaban J connectivity index is 2.43. The summed E-state index contributed by atoms with van der Waals surface area (Å²) in [6, 6.07) is 4.16. The van der Waals surface area contributed by atoms with Gasteiger partial charge in [0.25, 0.3) is 0 Å². The minimum atomic E-state index is 0.0575. The molecule has 4 heteroatoms. The van der Waals surface area contributed by atoms with E-state index in [0.29, 0.717) is 6.42 Å². The second-order valence-corrected chi connectivity index (χ2v) is 4.38. The minimum Gasteiger partial charge on any atom is -0.396 e. The van der Waals surface area contributed by atoms with Crippen molar-refractivity contribution in [2.24, 2.45) is 0 Å². The van der Waals surface area contributed by atoms with Gasteiger partial charge in [-0.05, 0) is 24.9 Å². The zero-order chi connectivity index (χ0) is 10.4. The summed E-state index contributed by atoms with van der Waals surface area (Å²) in [5.41, 5.74) is 0. The summed E-state index contributed by atoms with van der Waals surface area (Å²) in [5, 5.41) is 20.0. The molecule has 14 heavy (non-hydrogen) atoms. The van der Waals surface area contributed by atoms with Gasteiger partial charge >= 0.3 is 0 Å². The molecule has 1 atom stereocenters. The van der Waals surface area contributed by atoms with Gasteiger partial charge in [0, 0.05) is 24.1 Å². The Hall–Kier alpha value is -0.420. The van der Waals surface area contributed by atoms with Crippen molar-refractivity contribution in [1.29, 1.82) is 0 Å². The fraction of sp³-hybridized carbons (Fsp3) is 0.600. The first-order chi connectivity index (χ1) is 6.77. The van der Waals surface area contributed by atoms with Crippen LogP contribution in [-0.2, 0) is 6.54 Å². The minimum absolute atomic E-state index is 0.0575. The molecule has 1 aromatic heterocycles. The molecule has 3 nitrogen and oxygen atoms in total. The Bertz CT molecular complexity index is 238. The van der Waals surface area contributed by atoms with Gasteiger partial charge in [0.2, 0.25) is 0 Å². The molecule has 1 rings (SSSR count). The van der Waals surface area contributed by atoms with Gasteiger partial charge in [0.15, 0.2) is 0 Å². The Labute approximate surface area is 88.6 Å². The van der Waals surface area contributed by atoms with Gasteiger partial charge in [-0.1, -0.05) is 6.07 Å². The predicted octanol–water partition coefficient (Wildman–Crippen LogP) is 0.923. The maximum Gasteiger partial charge on any atom is 0.0587 e. The molecule has 0 bridgehead atoms. The van der Waals surface area contributed by atoms with Crippen LogP contribution in [-0.4, -0.2) is 41.4 Å². The average molecular weight is 215 g/mol. The molecular weight excluding hydrogens is 198 g/mol. The fourth-order valence-corrected chi connectivity index (χ4v) is 2.14. The average Bonchev–Trinajstić information content (AvgIpc) is 2.66. The fourth-order valence-electron chi connectivity index (χ4n) is 1.38. The summed E-state index contributed by atoms with van der Waals surface area (Å²) in [6.45, 7) is 1.06. The second kappa shape index (κ2) is 6.14. The Kier molecular flexibility index (Phi) is 5.11. The van der Waals surface area contributed by atoms with Crippen LogP contribution in [0.5, 0.6) is 0 Å². The first-order valence-corrected chi connectivity index (χ1v) is 5.60. The van der Waals surface area contributed by atoms with E-state index in [1.54, 1.807) is 11.3 Å². The monoisotopic (exact) mass is 215 g/mol. The number of nitrogens with zero attached hydrogens (tertiary/aromatic N) is 1. The third-order valence-corrected chi connectivity index (χ3v) is 3.14. The first-order valence-electron chi connectivity index (χ1n) is 4.72. The smallest absolute Gasteiger partial charge is 0.0587 e. The van der Waals surface area contributed by atoms with E-state index in [4.69, 9.17) is 10.2 Å². The van der Waals surface area contributed by atoms with Crippen molar-refractivity contribution in [1.82, 2.24) is 4.90 Å². The van der Waals surface area contributed by atoms with E-state index < -0.39 is 0 Å². The number of hydrogen-bond acceptors (Lipinski definition) is 4. The van der Waals surface area contributed by atoms with Crippen molar-refractivity contribution < 1.29 is 10.2 Å². The van der Waals surface area contributed by atoms with Gasteiger partial charge in [-0.15, -0.1) is 11.3 Å². The lowest BCUT2D eigenvalue weighted by Crippen LogP contribution is -2.34. The van der Waals surface area contributed by atoms with E-state index in [2.05, 4.69) is 11.0 Å². The van der Waals surface area contributed by atoms with Gasteiger partial charge in [-0.25, -0.2) is 0 Å². The molecule has 0 aliphatic carbocycles. The van der Waals surface area contributed by atoms with E-state index in [1.807, 2.05) is 18.5 Å². The molecule has 0 aliphatic heterocycles. The van der Waals surface area contributed by atoms with E-state index in [0.717, 1.165) is 6.54 Å². The SMILES string of the molecule is CN(Cc1cccs1)C(CO)CCO. The quantitative estimate of drug-likeness (QED) is 0.741. The predicted molar refractivity (Wildman–Crippen MR) is 58.4 cm³/mol. The normalized spacial score (nSPS) is 13.4. The molecule has 1 heterocycles. The lowest BCUT2D eigenvalue weighted by atomic mass is 10.2. The van der Waals surface area contributed by atoms with E-state index in [-0.39, 0.29) is 19.3 Å².